The molecule has 1 heterocycles. The van der Waals surface area contributed by atoms with Gasteiger partial charge in [-0.1, -0.05) is 29.3 Å². The lowest BCUT2D eigenvalue weighted by Crippen LogP contribution is -2.30. The highest BCUT2D eigenvalue weighted by atomic mass is 35.5. The molecule has 2 aliphatic rings. The number of benzene rings is 1. The number of hydrogen-bond donors (Lipinski definition) is 0. The molecule has 0 bridgehead atoms. The minimum atomic E-state index is -0.443. The molecule has 3 atom stereocenters. The standard InChI is InChI=1S/C18H20Cl2O4/c19-12-4-9-15(16(20)11-12)18(21)24-14-7-5-13(6-8-14)23-17-3-1-2-10-22-17/h4-5,7,9,11,13-14,17H,1-3,6,8,10H2/t13-,14+,17?/m0/s1. The number of rotatable bonds is 4. The molecule has 1 unspecified atom stereocenters. The summed E-state index contributed by atoms with van der Waals surface area (Å²) < 4.78 is 17.0. The van der Waals surface area contributed by atoms with Crippen molar-refractivity contribution >= 4 is 29.2 Å². The van der Waals surface area contributed by atoms with Crippen molar-refractivity contribution in [1.29, 1.82) is 0 Å². The van der Waals surface area contributed by atoms with Crippen LogP contribution in [-0.4, -0.2) is 31.1 Å². The molecule has 0 saturated carbocycles. The smallest absolute Gasteiger partial charge is 0.340 e. The first kappa shape index (κ1) is 17.7. The van der Waals surface area contributed by atoms with Crippen LogP contribution < -0.4 is 0 Å². The SMILES string of the molecule is O=C(O[C@@H]1C=C[C@H](OC2CCCCO2)CC1)c1ccc(Cl)cc1Cl. The Bertz CT molecular complexity index is 611. The Morgan fingerprint density at radius 3 is 2.54 bits per heavy atom. The van der Waals surface area contributed by atoms with Gasteiger partial charge in [-0.15, -0.1) is 0 Å². The lowest BCUT2D eigenvalue weighted by atomic mass is 10.0. The summed E-state index contributed by atoms with van der Waals surface area (Å²) in [5.74, 6) is -0.443. The molecular formula is C18H20Cl2O4. The third-order valence-electron chi connectivity index (χ3n) is 4.15. The first-order chi connectivity index (χ1) is 11.6. The summed E-state index contributed by atoms with van der Waals surface area (Å²) in [5, 5.41) is 0.780. The highest BCUT2D eigenvalue weighted by Crippen LogP contribution is 2.25. The van der Waals surface area contributed by atoms with E-state index >= 15 is 0 Å². The van der Waals surface area contributed by atoms with Gasteiger partial charge in [-0.3, -0.25) is 0 Å². The third-order valence-corrected chi connectivity index (χ3v) is 4.70. The molecule has 0 N–H and O–H groups in total. The van der Waals surface area contributed by atoms with Crippen LogP contribution in [0.4, 0.5) is 0 Å². The fraction of sp³-hybridized carbons (Fsp3) is 0.500. The van der Waals surface area contributed by atoms with Gasteiger partial charge in [-0.2, -0.15) is 0 Å². The van der Waals surface area contributed by atoms with Crippen molar-refractivity contribution in [2.45, 2.75) is 50.6 Å². The second-order valence-electron chi connectivity index (χ2n) is 6.00. The molecule has 1 saturated heterocycles. The first-order valence-corrected chi connectivity index (χ1v) is 8.99. The molecule has 1 aromatic rings. The van der Waals surface area contributed by atoms with E-state index in [2.05, 4.69) is 0 Å². The van der Waals surface area contributed by atoms with Gasteiger partial charge in [0.15, 0.2) is 6.29 Å². The molecule has 0 spiro atoms. The number of carbonyl (C=O) groups is 1. The zero-order chi connectivity index (χ0) is 16.9. The highest BCUT2D eigenvalue weighted by Gasteiger charge is 2.24. The lowest BCUT2D eigenvalue weighted by Gasteiger charge is -2.29. The van der Waals surface area contributed by atoms with Gasteiger partial charge < -0.3 is 14.2 Å². The highest BCUT2D eigenvalue weighted by molar-refractivity contribution is 6.36. The van der Waals surface area contributed by atoms with Gasteiger partial charge in [-0.25, -0.2) is 4.79 Å². The van der Waals surface area contributed by atoms with Crippen LogP contribution in [0, 0.1) is 0 Å². The molecule has 0 aromatic heterocycles. The lowest BCUT2D eigenvalue weighted by molar-refractivity contribution is -0.181. The van der Waals surface area contributed by atoms with Gasteiger partial charge >= 0.3 is 5.97 Å². The van der Waals surface area contributed by atoms with Crippen LogP contribution in [-0.2, 0) is 14.2 Å². The van der Waals surface area contributed by atoms with Crippen LogP contribution in [0.2, 0.25) is 10.0 Å². The van der Waals surface area contributed by atoms with Crippen LogP contribution in [0.25, 0.3) is 0 Å². The number of esters is 1. The second-order valence-corrected chi connectivity index (χ2v) is 6.84. The molecule has 1 fully saturated rings. The Kier molecular flexibility index (Phi) is 6.17. The predicted molar refractivity (Wildman–Crippen MR) is 92.5 cm³/mol. The molecule has 1 aliphatic carbocycles. The van der Waals surface area contributed by atoms with Crippen LogP contribution in [0.3, 0.4) is 0 Å². The van der Waals surface area contributed by atoms with Crippen LogP contribution in [0.5, 0.6) is 0 Å². The summed E-state index contributed by atoms with van der Waals surface area (Å²) in [7, 11) is 0. The first-order valence-electron chi connectivity index (χ1n) is 8.23. The van der Waals surface area contributed by atoms with Crippen molar-refractivity contribution in [2.24, 2.45) is 0 Å². The fourth-order valence-corrected chi connectivity index (χ4v) is 3.34. The molecule has 1 aliphatic heterocycles. The van der Waals surface area contributed by atoms with Crippen molar-refractivity contribution in [1.82, 2.24) is 0 Å². The zero-order valence-electron chi connectivity index (χ0n) is 13.3. The van der Waals surface area contributed by atoms with E-state index in [1.807, 2.05) is 12.2 Å². The molecule has 3 rings (SSSR count). The quantitative estimate of drug-likeness (QED) is 0.564. The van der Waals surface area contributed by atoms with Gasteiger partial charge in [0.05, 0.1) is 16.7 Å². The monoisotopic (exact) mass is 370 g/mol. The fourth-order valence-electron chi connectivity index (χ4n) is 2.85. The largest absolute Gasteiger partial charge is 0.454 e. The molecule has 24 heavy (non-hydrogen) atoms. The van der Waals surface area contributed by atoms with E-state index in [0.717, 1.165) is 32.3 Å². The summed E-state index contributed by atoms with van der Waals surface area (Å²) in [6.07, 6.45) is 8.15. The van der Waals surface area contributed by atoms with E-state index in [0.29, 0.717) is 22.0 Å². The van der Waals surface area contributed by atoms with Crippen LogP contribution >= 0.6 is 23.2 Å². The average molecular weight is 371 g/mol. The van der Waals surface area contributed by atoms with Crippen molar-refractivity contribution in [2.75, 3.05) is 6.61 Å². The van der Waals surface area contributed by atoms with E-state index in [9.17, 15) is 4.79 Å². The summed E-state index contributed by atoms with van der Waals surface area (Å²) in [5.41, 5.74) is 0.323. The predicted octanol–water partition coefficient (Wildman–Crippen LogP) is 4.78. The summed E-state index contributed by atoms with van der Waals surface area (Å²) in [6.45, 7) is 0.767. The maximum Gasteiger partial charge on any atom is 0.340 e. The van der Waals surface area contributed by atoms with Gasteiger partial charge in [0, 0.05) is 11.6 Å². The third kappa shape index (κ3) is 4.73. The minimum absolute atomic E-state index is 0.0159. The van der Waals surface area contributed by atoms with E-state index in [1.54, 1.807) is 12.1 Å². The second kappa shape index (κ2) is 8.34. The van der Waals surface area contributed by atoms with E-state index < -0.39 is 5.97 Å². The number of halogens is 2. The minimum Gasteiger partial charge on any atom is -0.454 e. The van der Waals surface area contributed by atoms with Crippen LogP contribution in [0.15, 0.2) is 30.4 Å². The Morgan fingerprint density at radius 1 is 1.08 bits per heavy atom. The number of carbonyl (C=O) groups excluding carboxylic acids is 1. The van der Waals surface area contributed by atoms with E-state index in [4.69, 9.17) is 37.4 Å². The molecule has 130 valence electrons. The molecule has 0 amide bonds. The number of ether oxygens (including phenoxy) is 3. The van der Waals surface area contributed by atoms with Gasteiger partial charge in [0.25, 0.3) is 0 Å². The maximum atomic E-state index is 12.2. The van der Waals surface area contributed by atoms with Gasteiger partial charge in [-0.05, 0) is 56.4 Å². The van der Waals surface area contributed by atoms with Crippen molar-refractivity contribution in [3.05, 3.63) is 46.0 Å². The zero-order valence-corrected chi connectivity index (χ0v) is 14.8. The Morgan fingerprint density at radius 2 is 1.88 bits per heavy atom. The molecule has 0 radical (unpaired) electrons. The average Bonchev–Trinajstić information content (AvgIpc) is 2.57. The molecule has 6 heteroatoms. The van der Waals surface area contributed by atoms with Crippen molar-refractivity contribution in [3.8, 4) is 0 Å². The normalized spacial score (nSPS) is 27.0. The Balaban J connectivity index is 1.52. The van der Waals surface area contributed by atoms with E-state index in [-0.39, 0.29) is 18.5 Å². The Hall–Kier alpha value is -1.07. The van der Waals surface area contributed by atoms with E-state index in [1.165, 1.54) is 6.07 Å². The summed E-state index contributed by atoms with van der Waals surface area (Å²) in [6, 6.07) is 4.73. The Labute approximate surface area is 151 Å². The molecule has 4 nitrogen and oxygen atoms in total. The molecule has 1 aromatic carbocycles. The van der Waals surface area contributed by atoms with Crippen molar-refractivity contribution in [3.63, 3.8) is 0 Å². The summed E-state index contributed by atoms with van der Waals surface area (Å²) >= 11 is 11.9. The summed E-state index contributed by atoms with van der Waals surface area (Å²) in [4.78, 5) is 12.2. The maximum absolute atomic E-state index is 12.2. The number of hydrogen-bond acceptors (Lipinski definition) is 4. The van der Waals surface area contributed by atoms with Gasteiger partial charge in [0.2, 0.25) is 0 Å². The van der Waals surface area contributed by atoms with Gasteiger partial charge in [0.1, 0.15) is 6.10 Å². The topological polar surface area (TPSA) is 44.8 Å². The van der Waals surface area contributed by atoms with Crippen molar-refractivity contribution < 1.29 is 19.0 Å². The van der Waals surface area contributed by atoms with Crippen LogP contribution in [0.1, 0.15) is 42.5 Å². The molecular weight excluding hydrogens is 351 g/mol.